The highest BCUT2D eigenvalue weighted by molar-refractivity contribution is 9.09. The van der Waals surface area contributed by atoms with Crippen LogP contribution in [0.1, 0.15) is 13.8 Å². The van der Waals surface area contributed by atoms with Crippen molar-refractivity contribution >= 4 is 91.6 Å². The monoisotopic (exact) mass is 1230 g/mol. The van der Waals surface area contributed by atoms with Crippen molar-refractivity contribution in [2.75, 3.05) is 40.2 Å². The summed E-state index contributed by atoms with van der Waals surface area (Å²) in [5.41, 5.74) is 13.4. The third-order valence-electron chi connectivity index (χ3n) is 10.7. The van der Waals surface area contributed by atoms with Gasteiger partial charge in [0, 0.05) is 50.9 Å². The van der Waals surface area contributed by atoms with Crippen LogP contribution in [0.4, 0.5) is 68.7 Å². The minimum Gasteiger partial charge on any atom is -0.465 e. The van der Waals surface area contributed by atoms with Gasteiger partial charge in [0.1, 0.15) is 28.6 Å². The van der Waals surface area contributed by atoms with E-state index in [1.165, 1.54) is 65.5 Å². The average Bonchev–Trinajstić information content (AvgIpc) is 3.44. The van der Waals surface area contributed by atoms with Crippen LogP contribution in [0.15, 0.2) is 194 Å². The number of nitrogens with two attached hydrogens (primary N) is 1. The van der Waals surface area contributed by atoms with Gasteiger partial charge in [-0.05, 0) is 145 Å². The van der Waals surface area contributed by atoms with Crippen LogP contribution in [-0.2, 0) is 25.6 Å². The fraction of sp³-hybridized carbons (Fsp3) is 0.100. The number of alkyl halides is 1. The number of nitrogens with zero attached hydrogens (tertiary/aromatic N) is 9. The number of tetrazole rings is 2. The zero-order valence-corrected chi connectivity index (χ0v) is 47.5. The largest absolute Gasteiger partial charge is 0.488 e. The molecule has 0 saturated carbocycles. The van der Waals surface area contributed by atoms with Gasteiger partial charge >= 0.3 is 19.1 Å². The maximum absolute atomic E-state index is 13.0. The lowest BCUT2D eigenvalue weighted by molar-refractivity contribution is -0.144. The Hall–Kier alpha value is -10.8. The van der Waals surface area contributed by atoms with Crippen molar-refractivity contribution < 1.29 is 46.7 Å². The van der Waals surface area contributed by atoms with Crippen molar-refractivity contribution in [2.45, 2.75) is 20.4 Å². The molecule has 0 spiro atoms. The number of carbonyl (C=O) groups is 2. The highest BCUT2D eigenvalue weighted by Crippen LogP contribution is 2.30. The van der Waals surface area contributed by atoms with Crippen molar-refractivity contribution in [1.29, 1.82) is 0 Å². The Morgan fingerprint density at radius 3 is 1.42 bits per heavy atom. The molecule has 0 radical (unpaired) electrons. The summed E-state index contributed by atoms with van der Waals surface area (Å²) < 4.78 is 60.2. The molecule has 86 heavy (non-hydrogen) atoms. The number of benzene rings is 8. The van der Waals surface area contributed by atoms with E-state index in [0.29, 0.717) is 58.3 Å². The molecule has 10 rings (SSSR count). The number of nitrogen functional groups attached to an aromatic ring is 1. The number of aromatic nitrogens is 8. The number of esters is 2. The number of aromatic amines is 1. The number of H-pyrrole nitrogens is 1. The first-order valence-electron chi connectivity index (χ1n) is 25.6. The fourth-order valence-corrected chi connectivity index (χ4v) is 6.92. The van der Waals surface area contributed by atoms with Gasteiger partial charge in [-0.25, -0.2) is 32.0 Å². The van der Waals surface area contributed by atoms with Crippen LogP contribution in [0.5, 0.6) is 0 Å². The highest BCUT2D eigenvalue weighted by Gasteiger charge is 2.14. The van der Waals surface area contributed by atoms with Crippen molar-refractivity contribution in [3.05, 3.63) is 240 Å². The fourth-order valence-electron chi connectivity index (χ4n) is 6.76. The summed E-state index contributed by atoms with van der Waals surface area (Å²) in [5, 5.41) is 52.8. The number of halogens is 5. The van der Waals surface area contributed by atoms with Gasteiger partial charge in [-0.15, -0.1) is 20.4 Å². The van der Waals surface area contributed by atoms with Crippen LogP contribution < -0.4 is 27.1 Å². The third kappa shape index (κ3) is 22.9. The van der Waals surface area contributed by atoms with Crippen LogP contribution in [0.25, 0.3) is 32.5 Å². The molecule has 438 valence electrons. The van der Waals surface area contributed by atoms with E-state index in [9.17, 15) is 27.2 Å². The molecule has 0 saturated heterocycles. The second-order valence-electron chi connectivity index (χ2n) is 16.8. The van der Waals surface area contributed by atoms with E-state index in [4.69, 9.17) is 33.7 Å². The molecule has 0 aliphatic rings. The topological polar surface area (TPSA) is 262 Å². The first kappa shape index (κ1) is 66.0. The lowest BCUT2D eigenvalue weighted by Gasteiger charge is -2.09. The van der Waals surface area contributed by atoms with E-state index in [0.717, 1.165) is 39.7 Å². The summed E-state index contributed by atoms with van der Waals surface area (Å²) in [5.74, 6) is -0.987. The third-order valence-corrected chi connectivity index (χ3v) is 11.2. The van der Waals surface area contributed by atoms with Crippen LogP contribution in [0.3, 0.4) is 0 Å². The van der Waals surface area contributed by atoms with Gasteiger partial charge in [0.15, 0.2) is 6.54 Å². The Morgan fingerprint density at radius 1 is 0.581 bits per heavy atom. The Kier molecular flexibility index (Phi) is 27.6. The first-order valence-corrected chi connectivity index (χ1v) is 26.7. The van der Waals surface area contributed by atoms with Gasteiger partial charge in [0.05, 0.1) is 26.4 Å². The SMILES string of the molecule is CCOC(=O)CBr.CCOC(=O)Cn1nnc(-c2ccccc2Nc2ccc(F)cc2)n1.Fc1ccc(Nc2ccccc2-c2nn[nH]n2)cc1.OB(O)c1ccc(F)cc1.[C-]#[N+]c1ccccc1N.[C-]#[N+]c1ccccc1Nc1ccc(F)cc1. The van der Waals surface area contributed by atoms with Crippen molar-refractivity contribution in [2.24, 2.45) is 0 Å². The summed E-state index contributed by atoms with van der Waals surface area (Å²) in [7, 11) is -1.51. The Labute approximate surface area is 500 Å². The minimum atomic E-state index is -1.51. The first-order chi connectivity index (χ1) is 41.6. The van der Waals surface area contributed by atoms with Crippen molar-refractivity contribution in [1.82, 2.24) is 40.8 Å². The van der Waals surface area contributed by atoms with Gasteiger partial charge in [0.25, 0.3) is 0 Å². The molecule has 0 atom stereocenters. The van der Waals surface area contributed by atoms with E-state index in [1.54, 1.807) is 74.5 Å². The maximum atomic E-state index is 13.0. The molecule has 26 heteroatoms. The van der Waals surface area contributed by atoms with Crippen molar-refractivity contribution in [3.8, 4) is 22.8 Å². The zero-order chi connectivity index (χ0) is 62.1. The Balaban J connectivity index is 0.000000198. The van der Waals surface area contributed by atoms with Crippen LogP contribution in [-0.4, -0.2) is 88.5 Å². The zero-order valence-electron chi connectivity index (χ0n) is 45.9. The van der Waals surface area contributed by atoms with Gasteiger partial charge in [-0.3, -0.25) is 4.79 Å². The molecule has 2 aromatic heterocycles. The quantitative estimate of drug-likeness (QED) is 0.0133. The van der Waals surface area contributed by atoms with Crippen LogP contribution in [0.2, 0.25) is 0 Å². The predicted molar refractivity (Wildman–Crippen MR) is 325 cm³/mol. The second kappa shape index (κ2) is 35.9. The molecule has 20 nitrogen and oxygen atoms in total. The van der Waals surface area contributed by atoms with E-state index >= 15 is 0 Å². The Bertz CT molecular complexity index is 3750. The number of nitrogens with one attached hydrogen (secondary N) is 4. The second-order valence-corrected chi connectivity index (χ2v) is 17.4. The number of hydrogen-bond acceptors (Lipinski definition) is 16. The molecular weight excluding hydrogens is 1180 g/mol. The minimum absolute atomic E-state index is 0.103. The summed E-state index contributed by atoms with van der Waals surface area (Å²) in [6, 6.07) is 52.4. The number of rotatable bonds is 14. The standard InChI is InChI=1S/C17H16FN5O2.C13H10FN5.C13H9FN2.C7H6N2.C6H6BFO2.C4H7BrO2/c1-2-25-16(24)11-23-21-17(20-22-23)14-5-3-4-6-15(14)19-13-9-7-12(18)8-10-13;14-9-5-7-10(8-6-9)15-12-4-2-1-3-11(12)13-16-18-19-17-13;1-15-12-4-2-3-5-13(12)16-11-8-6-10(14)7-9-11;1-9-7-5-3-2-4-6(7)8;8-6-3-1-5(2-4-6)7(9)10;1-2-7-4(6)3-5/h3-10,19H,2,11H2,1H3;1-8,15H,(H,16,17,18,19);2-9,16H;2-5H,8H2;1-4,9-10H;2-3H2,1H3. The van der Waals surface area contributed by atoms with E-state index in [-0.39, 0.29) is 35.8 Å². The lowest BCUT2D eigenvalue weighted by Crippen LogP contribution is -2.29. The molecule has 8 N–H and O–H groups in total. The summed E-state index contributed by atoms with van der Waals surface area (Å²) >= 11 is 2.94. The van der Waals surface area contributed by atoms with Crippen LogP contribution >= 0.6 is 15.9 Å². The smallest absolute Gasteiger partial charge is 0.465 e. The molecule has 2 heterocycles. The number of ether oxygens (including phenoxy) is 2. The number of para-hydroxylation sites is 6. The average molecular weight is 1230 g/mol. The lowest BCUT2D eigenvalue weighted by atomic mass is 9.80. The van der Waals surface area contributed by atoms with E-state index < -0.39 is 13.1 Å². The number of carbonyl (C=O) groups excluding carboxylic acids is 2. The Morgan fingerprint density at radius 2 is 1.00 bits per heavy atom. The van der Waals surface area contributed by atoms with Gasteiger partial charge in [0.2, 0.25) is 23.0 Å². The molecule has 0 unspecified atom stereocenters. The molecule has 0 fully saturated rings. The molecule has 0 aliphatic heterocycles. The summed E-state index contributed by atoms with van der Waals surface area (Å²) in [6.45, 7) is 17.8. The van der Waals surface area contributed by atoms with E-state index in [1.807, 2.05) is 72.8 Å². The molecule has 0 bridgehead atoms. The summed E-state index contributed by atoms with van der Waals surface area (Å²) in [6.07, 6.45) is 0. The number of hydrogen-bond donors (Lipinski definition) is 7. The predicted octanol–water partition coefficient (Wildman–Crippen LogP) is 11.9. The van der Waals surface area contributed by atoms with Crippen molar-refractivity contribution in [3.63, 3.8) is 0 Å². The van der Waals surface area contributed by atoms with E-state index in [2.05, 4.69) is 82.3 Å². The molecular formula is C60H54BBrF4N14O6. The van der Waals surface area contributed by atoms with Gasteiger partial charge in [-0.2, -0.15) is 10.0 Å². The highest BCUT2D eigenvalue weighted by atomic mass is 79.9. The van der Waals surface area contributed by atoms with Gasteiger partial charge in [-0.1, -0.05) is 94.8 Å². The number of anilines is 7. The van der Waals surface area contributed by atoms with Gasteiger partial charge < -0.3 is 41.2 Å². The molecule has 0 amide bonds. The maximum Gasteiger partial charge on any atom is 0.488 e. The normalized spacial score (nSPS) is 9.76. The molecule has 10 aromatic rings. The molecule has 0 aliphatic carbocycles. The molecule has 8 aromatic carbocycles. The summed E-state index contributed by atoms with van der Waals surface area (Å²) in [4.78, 5) is 29.4. The van der Waals surface area contributed by atoms with Crippen LogP contribution in [0, 0.1) is 36.4 Å².